The SMILES string of the molecule is COc1ccc(C(=O)c2cc(C)c(OC)c(C)c2)cc1Br. The average Bonchev–Trinajstić information content (AvgIpc) is 2.46. The Morgan fingerprint density at radius 1 is 0.952 bits per heavy atom. The van der Waals surface area contributed by atoms with Crippen molar-refractivity contribution in [1.82, 2.24) is 0 Å². The highest BCUT2D eigenvalue weighted by atomic mass is 79.9. The number of halogens is 1. The van der Waals surface area contributed by atoms with Crippen LogP contribution >= 0.6 is 15.9 Å². The Hall–Kier alpha value is -1.81. The molecule has 0 spiro atoms. The van der Waals surface area contributed by atoms with E-state index in [4.69, 9.17) is 9.47 Å². The van der Waals surface area contributed by atoms with Crippen LogP contribution in [0.4, 0.5) is 0 Å². The lowest BCUT2D eigenvalue weighted by Crippen LogP contribution is -2.04. The van der Waals surface area contributed by atoms with E-state index in [-0.39, 0.29) is 5.78 Å². The number of carbonyl (C=O) groups excluding carboxylic acids is 1. The lowest BCUT2D eigenvalue weighted by Gasteiger charge is -2.11. The predicted molar refractivity (Wildman–Crippen MR) is 86.6 cm³/mol. The van der Waals surface area contributed by atoms with Crippen molar-refractivity contribution in [3.05, 3.63) is 57.1 Å². The molecule has 0 bridgehead atoms. The second kappa shape index (κ2) is 6.31. The van der Waals surface area contributed by atoms with Crippen molar-refractivity contribution in [2.24, 2.45) is 0 Å². The Kier molecular flexibility index (Phi) is 4.68. The van der Waals surface area contributed by atoms with Crippen molar-refractivity contribution in [2.45, 2.75) is 13.8 Å². The monoisotopic (exact) mass is 348 g/mol. The lowest BCUT2D eigenvalue weighted by atomic mass is 9.98. The van der Waals surface area contributed by atoms with Gasteiger partial charge in [-0.25, -0.2) is 0 Å². The van der Waals surface area contributed by atoms with Gasteiger partial charge in [-0.2, -0.15) is 0 Å². The summed E-state index contributed by atoms with van der Waals surface area (Å²) in [6, 6.07) is 9.02. The van der Waals surface area contributed by atoms with Gasteiger partial charge < -0.3 is 9.47 Å². The number of rotatable bonds is 4. The van der Waals surface area contributed by atoms with Gasteiger partial charge in [-0.05, 0) is 71.2 Å². The summed E-state index contributed by atoms with van der Waals surface area (Å²) in [7, 11) is 3.23. The highest BCUT2D eigenvalue weighted by Gasteiger charge is 2.14. The smallest absolute Gasteiger partial charge is 0.193 e. The van der Waals surface area contributed by atoms with Crippen molar-refractivity contribution in [3.63, 3.8) is 0 Å². The number of hydrogen-bond donors (Lipinski definition) is 0. The molecule has 2 aromatic carbocycles. The summed E-state index contributed by atoms with van der Waals surface area (Å²) in [4.78, 5) is 12.6. The molecule has 0 radical (unpaired) electrons. The van der Waals surface area contributed by atoms with Crippen molar-refractivity contribution < 1.29 is 14.3 Å². The Morgan fingerprint density at radius 3 is 2.05 bits per heavy atom. The number of ether oxygens (including phenoxy) is 2. The standard InChI is InChI=1S/C17H17BrO3/c1-10-7-13(8-11(2)17(10)21-4)16(19)12-5-6-15(20-3)14(18)9-12/h5-9H,1-4H3. The van der Waals surface area contributed by atoms with Gasteiger partial charge in [0.15, 0.2) is 5.78 Å². The molecule has 3 nitrogen and oxygen atoms in total. The van der Waals surface area contributed by atoms with Crippen LogP contribution in [-0.2, 0) is 0 Å². The number of carbonyl (C=O) groups is 1. The van der Waals surface area contributed by atoms with Gasteiger partial charge in [0.2, 0.25) is 0 Å². The molecule has 0 N–H and O–H groups in total. The molecule has 0 aliphatic rings. The van der Waals surface area contributed by atoms with E-state index >= 15 is 0 Å². The number of methoxy groups -OCH3 is 2. The molecule has 21 heavy (non-hydrogen) atoms. The molecule has 0 amide bonds. The van der Waals surface area contributed by atoms with E-state index in [1.807, 2.05) is 26.0 Å². The Bertz CT molecular complexity index is 669. The number of ketones is 1. The maximum atomic E-state index is 12.6. The molecule has 0 saturated heterocycles. The molecule has 0 aliphatic heterocycles. The molecule has 0 saturated carbocycles. The molecule has 0 atom stereocenters. The summed E-state index contributed by atoms with van der Waals surface area (Å²) in [5, 5.41) is 0. The molecular formula is C17H17BrO3. The first-order valence-corrected chi connectivity index (χ1v) is 7.30. The summed E-state index contributed by atoms with van der Waals surface area (Å²) in [5.41, 5.74) is 3.18. The molecular weight excluding hydrogens is 332 g/mol. The van der Waals surface area contributed by atoms with Crippen LogP contribution in [0.15, 0.2) is 34.8 Å². The van der Waals surface area contributed by atoms with Crippen LogP contribution in [0.3, 0.4) is 0 Å². The van der Waals surface area contributed by atoms with E-state index in [0.717, 1.165) is 21.3 Å². The highest BCUT2D eigenvalue weighted by Crippen LogP contribution is 2.29. The second-order valence-electron chi connectivity index (χ2n) is 4.82. The highest BCUT2D eigenvalue weighted by molar-refractivity contribution is 9.10. The summed E-state index contributed by atoms with van der Waals surface area (Å²) < 4.78 is 11.3. The van der Waals surface area contributed by atoms with Gasteiger partial charge in [0.25, 0.3) is 0 Å². The Balaban J connectivity index is 2.43. The summed E-state index contributed by atoms with van der Waals surface area (Å²) in [6.45, 7) is 3.87. The Labute approximate surface area is 133 Å². The lowest BCUT2D eigenvalue weighted by molar-refractivity contribution is 0.103. The molecule has 4 heteroatoms. The predicted octanol–water partition coefficient (Wildman–Crippen LogP) is 4.31. The maximum absolute atomic E-state index is 12.6. The van der Waals surface area contributed by atoms with Crippen LogP contribution in [0.2, 0.25) is 0 Å². The van der Waals surface area contributed by atoms with Crippen LogP contribution < -0.4 is 9.47 Å². The largest absolute Gasteiger partial charge is 0.496 e. The van der Waals surface area contributed by atoms with Gasteiger partial charge in [0, 0.05) is 11.1 Å². The quantitative estimate of drug-likeness (QED) is 0.772. The zero-order valence-electron chi connectivity index (χ0n) is 12.5. The van der Waals surface area contributed by atoms with Crippen molar-refractivity contribution >= 4 is 21.7 Å². The van der Waals surface area contributed by atoms with E-state index in [0.29, 0.717) is 16.9 Å². The van der Waals surface area contributed by atoms with Crippen LogP contribution in [-0.4, -0.2) is 20.0 Å². The zero-order chi connectivity index (χ0) is 15.6. The molecule has 0 aliphatic carbocycles. The van der Waals surface area contributed by atoms with Gasteiger partial charge in [-0.3, -0.25) is 4.79 Å². The van der Waals surface area contributed by atoms with Gasteiger partial charge in [0.05, 0.1) is 18.7 Å². The van der Waals surface area contributed by atoms with Crippen molar-refractivity contribution in [2.75, 3.05) is 14.2 Å². The molecule has 0 fully saturated rings. The minimum Gasteiger partial charge on any atom is -0.496 e. The third-order valence-corrected chi connectivity index (χ3v) is 3.96. The summed E-state index contributed by atoms with van der Waals surface area (Å²) >= 11 is 3.40. The molecule has 110 valence electrons. The first-order valence-electron chi connectivity index (χ1n) is 6.51. The van der Waals surface area contributed by atoms with Crippen LogP contribution in [0.25, 0.3) is 0 Å². The van der Waals surface area contributed by atoms with Gasteiger partial charge >= 0.3 is 0 Å². The topological polar surface area (TPSA) is 35.5 Å². The third-order valence-electron chi connectivity index (χ3n) is 3.34. The first-order chi connectivity index (χ1) is 9.97. The molecule has 0 aromatic heterocycles. The second-order valence-corrected chi connectivity index (χ2v) is 5.68. The molecule has 2 aromatic rings. The number of aryl methyl sites for hydroxylation is 2. The molecule has 0 unspecified atom stereocenters. The average molecular weight is 349 g/mol. The third kappa shape index (κ3) is 3.10. The minimum absolute atomic E-state index is 0.0211. The number of hydrogen-bond acceptors (Lipinski definition) is 3. The van der Waals surface area contributed by atoms with Crippen molar-refractivity contribution in [1.29, 1.82) is 0 Å². The first kappa shape index (κ1) is 15.6. The fourth-order valence-corrected chi connectivity index (χ4v) is 2.92. The van der Waals surface area contributed by atoms with E-state index in [1.165, 1.54) is 0 Å². The van der Waals surface area contributed by atoms with Gasteiger partial charge in [-0.15, -0.1) is 0 Å². The van der Waals surface area contributed by atoms with E-state index in [9.17, 15) is 4.79 Å². The normalized spacial score (nSPS) is 10.3. The summed E-state index contributed by atoms with van der Waals surface area (Å²) in [5.74, 6) is 1.50. The summed E-state index contributed by atoms with van der Waals surface area (Å²) in [6.07, 6.45) is 0. The molecule has 0 heterocycles. The van der Waals surface area contributed by atoms with Crippen LogP contribution in [0, 0.1) is 13.8 Å². The van der Waals surface area contributed by atoms with E-state index in [1.54, 1.807) is 32.4 Å². The molecule has 2 rings (SSSR count). The van der Waals surface area contributed by atoms with Crippen molar-refractivity contribution in [3.8, 4) is 11.5 Å². The van der Waals surface area contributed by atoms with Crippen LogP contribution in [0.1, 0.15) is 27.0 Å². The number of benzene rings is 2. The maximum Gasteiger partial charge on any atom is 0.193 e. The zero-order valence-corrected chi connectivity index (χ0v) is 14.1. The minimum atomic E-state index is -0.0211. The van der Waals surface area contributed by atoms with E-state index < -0.39 is 0 Å². The van der Waals surface area contributed by atoms with Gasteiger partial charge in [0.1, 0.15) is 11.5 Å². The fraction of sp³-hybridized carbons (Fsp3) is 0.235. The van der Waals surface area contributed by atoms with Gasteiger partial charge in [-0.1, -0.05) is 0 Å². The van der Waals surface area contributed by atoms with E-state index in [2.05, 4.69) is 15.9 Å². The Morgan fingerprint density at radius 2 is 1.57 bits per heavy atom. The van der Waals surface area contributed by atoms with Crippen LogP contribution in [0.5, 0.6) is 11.5 Å². The fourth-order valence-electron chi connectivity index (χ4n) is 2.38.